The molecule has 1 aliphatic carbocycles. The number of carbonyl (C=O) groups excluding carboxylic acids is 2. The van der Waals surface area contributed by atoms with E-state index in [-0.39, 0.29) is 17.5 Å². The third kappa shape index (κ3) is 11.8. The molecule has 262 valence electrons. The molecule has 1 aliphatic rings. The molecule has 3 heterocycles. The van der Waals surface area contributed by atoms with Gasteiger partial charge in [-0.05, 0) is 73.8 Å². The van der Waals surface area contributed by atoms with E-state index in [0.29, 0.717) is 38.5 Å². The van der Waals surface area contributed by atoms with Gasteiger partial charge in [-0.2, -0.15) is 18.3 Å². The fourth-order valence-electron chi connectivity index (χ4n) is 4.60. The molecule has 4 aromatic rings. The molecule has 48 heavy (non-hydrogen) atoms. The molecule has 0 aliphatic heterocycles. The van der Waals surface area contributed by atoms with Gasteiger partial charge in [0.15, 0.2) is 0 Å². The van der Waals surface area contributed by atoms with E-state index in [4.69, 9.17) is 10.5 Å². The summed E-state index contributed by atoms with van der Waals surface area (Å²) in [5.41, 5.74) is 6.88. The number of nitrogens with two attached hydrogens (primary N) is 1. The average molecular weight is 737 g/mol. The molecule has 10 nitrogen and oxygen atoms in total. The lowest BCUT2D eigenvalue weighted by Gasteiger charge is -2.25. The van der Waals surface area contributed by atoms with Crippen LogP contribution in [0.5, 0.6) is 0 Å². The first-order valence-corrected chi connectivity index (χ1v) is 16.7. The molecule has 1 fully saturated rings. The van der Waals surface area contributed by atoms with Gasteiger partial charge in [-0.1, -0.05) is 59.1 Å². The van der Waals surface area contributed by atoms with Crippen LogP contribution < -0.4 is 16.4 Å². The zero-order chi connectivity index (χ0) is 36.1. The maximum absolute atomic E-state index is 12.8. The molecule has 0 atom stereocenters. The molecule has 5 N–H and O–H groups in total. The normalized spacial score (nSPS) is 13.1. The van der Waals surface area contributed by atoms with E-state index in [2.05, 4.69) is 46.7 Å². The largest absolute Gasteiger partial charge is 0.444 e. The molecule has 0 unspecified atom stereocenters. The van der Waals surface area contributed by atoms with Crippen LogP contribution >= 0.6 is 15.9 Å². The first kappa shape index (κ1) is 40.0. The summed E-state index contributed by atoms with van der Waals surface area (Å²) >= 11 is 3.37. The minimum Gasteiger partial charge on any atom is -0.444 e. The number of anilines is 2. The van der Waals surface area contributed by atoms with Crippen molar-refractivity contribution in [1.82, 2.24) is 25.5 Å². The quantitative estimate of drug-likeness (QED) is 0.163. The van der Waals surface area contributed by atoms with Crippen LogP contribution in [0.25, 0.3) is 22.2 Å². The number of alkyl halides is 3. The first-order valence-electron chi connectivity index (χ1n) is 15.9. The number of carbonyl (C=O) groups is 2. The number of H-pyrrole nitrogens is 1. The predicted molar refractivity (Wildman–Crippen MR) is 188 cm³/mol. The van der Waals surface area contributed by atoms with Crippen molar-refractivity contribution in [3.05, 3.63) is 64.4 Å². The molecule has 14 heteroatoms. The number of ether oxygens (including phenoxy) is 1. The molecule has 0 saturated heterocycles. The minimum absolute atomic E-state index is 0.192. The Hall–Kier alpha value is -4.20. The van der Waals surface area contributed by atoms with E-state index in [0.717, 1.165) is 31.2 Å². The number of rotatable bonds is 4. The molecular weight excluding hydrogens is 691 g/mol. The maximum Gasteiger partial charge on any atom is 0.416 e. The van der Waals surface area contributed by atoms with Crippen LogP contribution in [0.1, 0.15) is 96.5 Å². The number of halogens is 4. The number of amides is 2. The van der Waals surface area contributed by atoms with Crippen molar-refractivity contribution < 1.29 is 27.5 Å². The number of aromatic amines is 1. The Kier molecular flexibility index (Phi) is 15.3. The van der Waals surface area contributed by atoms with E-state index in [1.54, 1.807) is 18.3 Å². The number of hydrogen-bond acceptors (Lipinski definition) is 7. The standard InChI is InChI=1S/C19H12BrF3N6O.C11H21NO2.2C2H6/c20-12-8-26-17(24)14-15(28-29-16(12)14)9-1-3-10(4-2-9)18(30)27-13-7-11(5-6-25-13)19(21,22)23;1-11(2,3)14-10(13)12-9-7-5-4-6-8-9;2*1-2/h1-8H,(H2,24,26)(H,28,29)(H,25,27,30);9H,4-8H2,1-3H3,(H,12,13);2*1-2H3. The average Bonchev–Trinajstić information content (AvgIpc) is 3.51. The number of nitrogens with one attached hydrogen (secondary N) is 3. The SMILES string of the molecule is CC.CC.CC(C)(C)OC(=O)NC1CCCCC1.Nc1ncc(Br)c2n[nH]c(-c3ccc(C(=O)Nc4cc(C(F)(F)F)ccn4)cc3)c12. The molecule has 3 aromatic heterocycles. The van der Waals surface area contributed by atoms with Crippen molar-refractivity contribution >= 4 is 50.5 Å². The summed E-state index contributed by atoms with van der Waals surface area (Å²) in [5, 5.41) is 13.0. The Morgan fingerprint density at radius 3 is 2.19 bits per heavy atom. The van der Waals surface area contributed by atoms with Gasteiger partial charge < -0.3 is 21.1 Å². The van der Waals surface area contributed by atoms with E-state index >= 15 is 0 Å². The van der Waals surface area contributed by atoms with Gasteiger partial charge in [0.25, 0.3) is 5.91 Å². The predicted octanol–water partition coefficient (Wildman–Crippen LogP) is 9.53. The molecule has 1 saturated carbocycles. The summed E-state index contributed by atoms with van der Waals surface area (Å²) < 4.78 is 44.3. The maximum atomic E-state index is 12.8. The molecule has 0 spiro atoms. The smallest absolute Gasteiger partial charge is 0.416 e. The van der Waals surface area contributed by atoms with Gasteiger partial charge in [0.05, 0.1) is 21.1 Å². The summed E-state index contributed by atoms with van der Waals surface area (Å²) in [4.78, 5) is 31.6. The van der Waals surface area contributed by atoms with Gasteiger partial charge in [-0.25, -0.2) is 14.8 Å². The zero-order valence-corrected chi connectivity index (χ0v) is 30.0. The van der Waals surface area contributed by atoms with E-state index < -0.39 is 23.2 Å². The molecule has 2 amide bonds. The van der Waals surface area contributed by atoms with Crippen molar-refractivity contribution in [3.8, 4) is 11.3 Å². The minimum atomic E-state index is -4.53. The zero-order valence-electron chi connectivity index (χ0n) is 28.4. The summed E-state index contributed by atoms with van der Waals surface area (Å²) in [7, 11) is 0. The van der Waals surface area contributed by atoms with Crippen LogP contribution in [-0.4, -0.2) is 43.8 Å². The second-order valence-corrected chi connectivity index (χ2v) is 12.1. The summed E-state index contributed by atoms with van der Waals surface area (Å²) in [6.45, 7) is 13.6. The number of pyridine rings is 2. The summed E-state index contributed by atoms with van der Waals surface area (Å²) in [6.07, 6.45) is 3.68. The lowest BCUT2D eigenvalue weighted by molar-refractivity contribution is -0.137. The monoisotopic (exact) mass is 735 g/mol. The first-order chi connectivity index (χ1) is 22.7. The van der Waals surface area contributed by atoms with Crippen molar-refractivity contribution in [2.75, 3.05) is 11.1 Å². The molecule has 0 radical (unpaired) electrons. The highest BCUT2D eigenvalue weighted by molar-refractivity contribution is 9.10. The second kappa shape index (κ2) is 18.4. The Morgan fingerprint density at radius 1 is 0.979 bits per heavy atom. The van der Waals surface area contributed by atoms with Gasteiger partial charge in [0.2, 0.25) is 0 Å². The fraction of sp³-hybridized carbons (Fsp3) is 0.441. The van der Waals surface area contributed by atoms with Crippen LogP contribution in [-0.2, 0) is 10.9 Å². The molecule has 0 bridgehead atoms. The van der Waals surface area contributed by atoms with Crippen molar-refractivity contribution in [2.24, 2.45) is 0 Å². The summed E-state index contributed by atoms with van der Waals surface area (Å²) in [5.74, 6) is -0.483. The number of alkyl carbamates (subject to hydrolysis) is 1. The van der Waals surface area contributed by atoms with E-state index in [1.165, 1.54) is 31.4 Å². The lowest BCUT2D eigenvalue weighted by Crippen LogP contribution is -2.39. The Morgan fingerprint density at radius 2 is 1.60 bits per heavy atom. The molecule has 1 aromatic carbocycles. The van der Waals surface area contributed by atoms with Crippen molar-refractivity contribution in [3.63, 3.8) is 0 Å². The Labute approximate surface area is 288 Å². The highest BCUT2D eigenvalue weighted by Crippen LogP contribution is 2.33. The Balaban J connectivity index is 0.000000374. The Bertz CT molecular complexity index is 1620. The second-order valence-electron chi connectivity index (χ2n) is 11.3. The van der Waals surface area contributed by atoms with Gasteiger partial charge in [0, 0.05) is 29.6 Å². The number of aromatic nitrogens is 4. The highest BCUT2D eigenvalue weighted by Gasteiger charge is 2.31. The molecular formula is C34H45BrF3N7O3. The van der Waals surface area contributed by atoms with Crippen molar-refractivity contribution in [2.45, 2.75) is 98.4 Å². The third-order valence-electron chi connectivity index (χ3n) is 6.66. The van der Waals surface area contributed by atoms with Crippen LogP contribution in [0, 0.1) is 0 Å². The van der Waals surface area contributed by atoms with E-state index in [1.807, 2.05) is 48.5 Å². The van der Waals surface area contributed by atoms with Crippen LogP contribution in [0.3, 0.4) is 0 Å². The number of fused-ring (bicyclic) bond motifs is 1. The molecule has 5 rings (SSSR count). The van der Waals surface area contributed by atoms with Gasteiger partial charge in [-0.15, -0.1) is 0 Å². The van der Waals surface area contributed by atoms with Gasteiger partial charge in [-0.3, -0.25) is 9.89 Å². The van der Waals surface area contributed by atoms with E-state index in [9.17, 15) is 22.8 Å². The van der Waals surface area contributed by atoms with Crippen LogP contribution in [0.4, 0.5) is 29.6 Å². The van der Waals surface area contributed by atoms with Gasteiger partial charge >= 0.3 is 12.3 Å². The van der Waals surface area contributed by atoms with Crippen LogP contribution in [0.15, 0.2) is 53.3 Å². The van der Waals surface area contributed by atoms with Crippen LogP contribution in [0.2, 0.25) is 0 Å². The topological polar surface area (TPSA) is 148 Å². The van der Waals surface area contributed by atoms with Gasteiger partial charge in [0.1, 0.15) is 22.8 Å². The fourth-order valence-corrected chi connectivity index (χ4v) is 4.99. The lowest BCUT2D eigenvalue weighted by atomic mass is 9.96. The summed E-state index contributed by atoms with van der Waals surface area (Å²) in [6, 6.07) is 8.34. The number of benzene rings is 1. The number of hydrogen-bond donors (Lipinski definition) is 4. The number of nitrogens with zero attached hydrogens (tertiary/aromatic N) is 3. The highest BCUT2D eigenvalue weighted by atomic mass is 79.9. The van der Waals surface area contributed by atoms with Crippen molar-refractivity contribution in [1.29, 1.82) is 0 Å². The third-order valence-corrected chi connectivity index (χ3v) is 7.24. The number of nitrogen functional groups attached to an aromatic ring is 1.